The highest BCUT2D eigenvalue weighted by molar-refractivity contribution is 7.98. The van der Waals surface area contributed by atoms with Crippen LogP contribution in [0.2, 0.25) is 0 Å². The number of alkyl halides is 1. The molecule has 0 atom stereocenters. The minimum Gasteiger partial charge on any atom is -0.490 e. The van der Waals surface area contributed by atoms with Crippen molar-refractivity contribution < 1.29 is 13.9 Å². The van der Waals surface area contributed by atoms with Gasteiger partial charge in [-0.25, -0.2) is 9.37 Å². The molecule has 0 bridgehead atoms. The molecule has 9 nitrogen and oxygen atoms in total. The lowest BCUT2D eigenvalue weighted by molar-refractivity contribution is 0.146. The van der Waals surface area contributed by atoms with Crippen LogP contribution >= 0.6 is 11.8 Å². The summed E-state index contributed by atoms with van der Waals surface area (Å²) in [5, 5.41) is 28.4. The Morgan fingerprint density at radius 2 is 2.00 bits per heavy atom. The minimum atomic E-state index is -0.982. The molecular weight excluding hydrogens is 457 g/mol. The summed E-state index contributed by atoms with van der Waals surface area (Å²) in [4.78, 5) is 10.7. The van der Waals surface area contributed by atoms with E-state index in [0.29, 0.717) is 52.5 Å². The lowest BCUT2D eigenvalue weighted by atomic mass is 9.99. The molecule has 172 valence electrons. The maximum absolute atomic E-state index is 13.6. The molecule has 1 saturated heterocycles. The first-order valence-corrected chi connectivity index (χ1v) is 11.4. The van der Waals surface area contributed by atoms with Crippen molar-refractivity contribution in [3.63, 3.8) is 0 Å². The average molecular weight is 478 g/mol. The van der Waals surface area contributed by atoms with Crippen LogP contribution < -0.4 is 9.64 Å². The highest BCUT2D eigenvalue weighted by Crippen LogP contribution is 2.39. The van der Waals surface area contributed by atoms with E-state index in [0.717, 1.165) is 0 Å². The van der Waals surface area contributed by atoms with Gasteiger partial charge < -0.3 is 14.4 Å². The first-order chi connectivity index (χ1) is 16.6. The Hall–Kier alpha value is -3.80. The van der Waals surface area contributed by atoms with Gasteiger partial charge in [-0.3, -0.25) is 4.98 Å². The van der Waals surface area contributed by atoms with E-state index in [4.69, 9.17) is 9.47 Å². The van der Waals surface area contributed by atoms with Crippen molar-refractivity contribution in [1.82, 2.24) is 20.2 Å². The van der Waals surface area contributed by atoms with Crippen LogP contribution in [0.1, 0.15) is 16.8 Å². The SMILES string of the molecule is COCCOc1ccc(-c2c(C#N)c(SCc3cccnn3)nc(N3CC(F)C3)c2C#N)nc1. The van der Waals surface area contributed by atoms with Crippen molar-refractivity contribution in [3.05, 3.63) is 53.5 Å². The molecule has 0 spiro atoms. The first kappa shape index (κ1) is 23.4. The number of nitriles is 2. The van der Waals surface area contributed by atoms with Gasteiger partial charge in [0.25, 0.3) is 0 Å². The van der Waals surface area contributed by atoms with Crippen molar-refractivity contribution in [2.45, 2.75) is 17.0 Å². The van der Waals surface area contributed by atoms with Crippen molar-refractivity contribution in [3.8, 4) is 29.1 Å². The van der Waals surface area contributed by atoms with E-state index in [1.54, 1.807) is 36.4 Å². The summed E-state index contributed by atoms with van der Waals surface area (Å²) in [7, 11) is 1.59. The minimum absolute atomic E-state index is 0.140. The van der Waals surface area contributed by atoms with Crippen LogP contribution in [0.25, 0.3) is 11.3 Å². The second-order valence-electron chi connectivity index (χ2n) is 7.32. The van der Waals surface area contributed by atoms with E-state index in [1.807, 2.05) is 6.07 Å². The number of rotatable bonds is 9. The molecule has 4 rings (SSSR count). The average Bonchev–Trinajstić information content (AvgIpc) is 2.86. The van der Waals surface area contributed by atoms with Gasteiger partial charge in [-0.15, -0.1) is 0 Å². The molecule has 11 heteroatoms. The number of aromatic nitrogens is 4. The van der Waals surface area contributed by atoms with Crippen molar-refractivity contribution >= 4 is 17.6 Å². The molecule has 1 aliphatic heterocycles. The number of pyridine rings is 2. The van der Waals surface area contributed by atoms with E-state index in [1.165, 1.54) is 18.0 Å². The number of anilines is 1. The largest absolute Gasteiger partial charge is 0.490 e. The van der Waals surface area contributed by atoms with Crippen LogP contribution in [0.3, 0.4) is 0 Å². The predicted octanol–water partition coefficient (Wildman–Crippen LogP) is 3.15. The molecule has 1 aliphatic rings. The third kappa shape index (κ3) is 5.06. The fraction of sp³-hybridized carbons (Fsp3) is 0.304. The summed E-state index contributed by atoms with van der Waals surface area (Å²) >= 11 is 1.30. The molecule has 0 amide bonds. The molecule has 3 aromatic rings. The van der Waals surface area contributed by atoms with Gasteiger partial charge in [-0.05, 0) is 24.3 Å². The Bertz CT molecular complexity index is 1220. The third-order valence-electron chi connectivity index (χ3n) is 5.04. The second-order valence-corrected chi connectivity index (χ2v) is 8.28. The van der Waals surface area contributed by atoms with Crippen LogP contribution in [0, 0.1) is 22.7 Å². The normalized spacial score (nSPS) is 13.1. The van der Waals surface area contributed by atoms with Crippen LogP contribution in [-0.4, -0.2) is 59.8 Å². The zero-order valence-electron chi connectivity index (χ0n) is 18.3. The maximum atomic E-state index is 13.6. The molecule has 0 N–H and O–H groups in total. The number of hydrogen-bond acceptors (Lipinski definition) is 10. The predicted molar refractivity (Wildman–Crippen MR) is 123 cm³/mol. The summed E-state index contributed by atoms with van der Waals surface area (Å²) in [5.74, 6) is 1.30. The third-order valence-corrected chi connectivity index (χ3v) is 6.05. The highest BCUT2D eigenvalue weighted by atomic mass is 32.2. The molecule has 34 heavy (non-hydrogen) atoms. The number of thioether (sulfide) groups is 1. The van der Waals surface area contributed by atoms with Crippen molar-refractivity contribution in [2.24, 2.45) is 0 Å². The smallest absolute Gasteiger partial charge is 0.148 e. The van der Waals surface area contributed by atoms with Gasteiger partial charge in [0.05, 0.1) is 42.8 Å². The molecular formula is C23H20FN7O2S. The van der Waals surface area contributed by atoms with Gasteiger partial charge in [0.15, 0.2) is 0 Å². The van der Waals surface area contributed by atoms with E-state index in [2.05, 4.69) is 32.3 Å². The first-order valence-electron chi connectivity index (χ1n) is 10.4. The molecule has 3 aromatic heterocycles. The van der Waals surface area contributed by atoms with E-state index in [9.17, 15) is 14.9 Å². The molecule has 0 aliphatic carbocycles. The molecule has 1 fully saturated rings. The summed E-state index contributed by atoms with van der Waals surface area (Å²) in [6, 6.07) is 11.4. The molecule has 0 unspecified atom stereocenters. The van der Waals surface area contributed by atoms with Gasteiger partial charge in [0.1, 0.15) is 47.1 Å². The van der Waals surface area contributed by atoms with E-state index in [-0.39, 0.29) is 24.2 Å². The summed E-state index contributed by atoms with van der Waals surface area (Å²) < 4.78 is 24.2. The standard InChI is InChI=1S/C23H20FN7O2S/c1-32-7-8-33-17-4-5-20(27-11-17)21-18(9-25)22(31-12-15(24)13-31)29-23(19(21)10-26)34-14-16-3-2-6-28-30-16/h2-6,11,15H,7-8,12-14H2,1H3. The quantitative estimate of drug-likeness (QED) is 0.336. The van der Waals surface area contributed by atoms with Gasteiger partial charge in [-0.2, -0.15) is 20.7 Å². The topological polar surface area (TPSA) is 121 Å². The molecule has 0 saturated carbocycles. The number of hydrogen-bond donors (Lipinski definition) is 0. The number of nitrogens with zero attached hydrogens (tertiary/aromatic N) is 7. The van der Waals surface area contributed by atoms with E-state index < -0.39 is 6.17 Å². The van der Waals surface area contributed by atoms with Gasteiger partial charge in [0.2, 0.25) is 0 Å². The summed E-state index contributed by atoms with van der Waals surface area (Å²) in [5.41, 5.74) is 1.92. The highest BCUT2D eigenvalue weighted by Gasteiger charge is 2.32. The monoisotopic (exact) mass is 477 g/mol. The van der Waals surface area contributed by atoms with Crippen LogP contribution in [0.5, 0.6) is 5.75 Å². The fourth-order valence-electron chi connectivity index (χ4n) is 3.36. The molecule has 0 aromatic carbocycles. The van der Waals surface area contributed by atoms with Crippen LogP contribution in [0.15, 0.2) is 41.7 Å². The van der Waals surface area contributed by atoms with Gasteiger partial charge in [-0.1, -0.05) is 11.8 Å². The number of methoxy groups -OCH3 is 1. The number of halogens is 1. The Kier molecular flexibility index (Phi) is 7.48. The van der Waals surface area contributed by atoms with Crippen LogP contribution in [0.4, 0.5) is 10.2 Å². The lowest BCUT2D eigenvalue weighted by Gasteiger charge is -2.36. The Balaban J connectivity index is 1.76. The maximum Gasteiger partial charge on any atom is 0.148 e. The van der Waals surface area contributed by atoms with Crippen molar-refractivity contribution in [2.75, 3.05) is 38.3 Å². The van der Waals surface area contributed by atoms with Gasteiger partial charge >= 0.3 is 0 Å². The number of ether oxygens (including phenoxy) is 2. The second kappa shape index (κ2) is 10.9. The van der Waals surface area contributed by atoms with Crippen molar-refractivity contribution in [1.29, 1.82) is 10.5 Å². The summed E-state index contributed by atoms with van der Waals surface area (Å²) in [6.07, 6.45) is 2.13. The zero-order chi connectivity index (χ0) is 23.9. The fourth-order valence-corrected chi connectivity index (χ4v) is 4.24. The zero-order valence-corrected chi connectivity index (χ0v) is 19.1. The Labute approximate surface area is 200 Å². The summed E-state index contributed by atoms with van der Waals surface area (Å²) in [6.45, 7) is 1.08. The van der Waals surface area contributed by atoms with E-state index >= 15 is 0 Å². The van der Waals surface area contributed by atoms with Crippen LogP contribution in [-0.2, 0) is 10.5 Å². The Morgan fingerprint density at radius 3 is 2.62 bits per heavy atom. The molecule has 0 radical (unpaired) electrons. The molecule has 4 heterocycles. The Morgan fingerprint density at radius 1 is 1.18 bits per heavy atom. The van der Waals surface area contributed by atoms with Gasteiger partial charge in [0, 0.05) is 24.6 Å². The lowest BCUT2D eigenvalue weighted by Crippen LogP contribution is -2.49.